The first kappa shape index (κ1) is 14.5. The molecule has 0 radical (unpaired) electrons. The Morgan fingerprint density at radius 2 is 2.26 bits per heavy atom. The molecule has 104 valence electrons. The van der Waals surface area contributed by atoms with E-state index in [1.54, 1.807) is 12.1 Å². The SMILES string of the molecule is CC(NCCC(=O)NC1CC1)c1cc(Br)ccc1F. The second-order valence-corrected chi connectivity index (χ2v) is 5.85. The van der Waals surface area contributed by atoms with E-state index in [4.69, 9.17) is 0 Å². The highest BCUT2D eigenvalue weighted by Crippen LogP contribution is 2.21. The fourth-order valence-electron chi connectivity index (χ4n) is 1.89. The van der Waals surface area contributed by atoms with Crippen LogP contribution >= 0.6 is 15.9 Å². The number of carbonyl (C=O) groups excluding carboxylic acids is 1. The summed E-state index contributed by atoms with van der Waals surface area (Å²) in [4.78, 5) is 11.5. The van der Waals surface area contributed by atoms with Crippen LogP contribution in [-0.4, -0.2) is 18.5 Å². The number of benzene rings is 1. The van der Waals surface area contributed by atoms with Gasteiger partial charge in [-0.3, -0.25) is 4.79 Å². The maximum Gasteiger partial charge on any atom is 0.221 e. The molecule has 2 N–H and O–H groups in total. The van der Waals surface area contributed by atoms with Crippen LogP contribution in [0.25, 0.3) is 0 Å². The third-order valence-corrected chi connectivity index (χ3v) is 3.66. The van der Waals surface area contributed by atoms with Crippen molar-refractivity contribution in [3.8, 4) is 0 Å². The van der Waals surface area contributed by atoms with Crippen LogP contribution in [0, 0.1) is 5.82 Å². The van der Waals surface area contributed by atoms with Crippen LogP contribution in [0.1, 0.15) is 37.8 Å². The smallest absolute Gasteiger partial charge is 0.221 e. The Morgan fingerprint density at radius 1 is 1.53 bits per heavy atom. The molecular weight excluding hydrogens is 311 g/mol. The molecule has 0 aliphatic heterocycles. The lowest BCUT2D eigenvalue weighted by Gasteiger charge is -2.15. The number of hydrogen-bond acceptors (Lipinski definition) is 2. The van der Waals surface area contributed by atoms with Gasteiger partial charge in [-0.15, -0.1) is 0 Å². The molecule has 1 aliphatic carbocycles. The first-order valence-corrected chi connectivity index (χ1v) is 7.33. The predicted octanol–water partition coefficient (Wildman–Crippen LogP) is 2.91. The third-order valence-electron chi connectivity index (χ3n) is 3.17. The van der Waals surface area contributed by atoms with Crippen molar-refractivity contribution in [3.63, 3.8) is 0 Å². The summed E-state index contributed by atoms with van der Waals surface area (Å²) in [7, 11) is 0. The molecule has 1 saturated carbocycles. The van der Waals surface area contributed by atoms with Gasteiger partial charge in [0.15, 0.2) is 0 Å². The van der Waals surface area contributed by atoms with Crippen molar-refractivity contribution in [2.24, 2.45) is 0 Å². The van der Waals surface area contributed by atoms with Gasteiger partial charge in [0.25, 0.3) is 0 Å². The Hall–Kier alpha value is -0.940. The lowest BCUT2D eigenvalue weighted by atomic mass is 10.1. The molecule has 19 heavy (non-hydrogen) atoms. The van der Waals surface area contributed by atoms with Crippen LogP contribution in [0.15, 0.2) is 22.7 Å². The third kappa shape index (κ3) is 4.58. The monoisotopic (exact) mass is 328 g/mol. The highest BCUT2D eigenvalue weighted by atomic mass is 79.9. The van der Waals surface area contributed by atoms with Crippen molar-refractivity contribution in [1.29, 1.82) is 0 Å². The molecule has 2 rings (SSSR count). The molecule has 1 aromatic rings. The molecule has 5 heteroatoms. The zero-order valence-corrected chi connectivity index (χ0v) is 12.5. The van der Waals surface area contributed by atoms with E-state index < -0.39 is 0 Å². The molecule has 1 aromatic carbocycles. The Balaban J connectivity index is 1.78. The summed E-state index contributed by atoms with van der Waals surface area (Å²) in [6, 6.07) is 5.15. The van der Waals surface area contributed by atoms with Crippen LogP contribution < -0.4 is 10.6 Å². The maximum atomic E-state index is 13.6. The molecule has 0 spiro atoms. The lowest BCUT2D eigenvalue weighted by Crippen LogP contribution is -2.30. The van der Waals surface area contributed by atoms with Gasteiger partial charge in [0.2, 0.25) is 5.91 Å². The Labute approximate surface area is 121 Å². The van der Waals surface area contributed by atoms with Gasteiger partial charge in [-0.1, -0.05) is 15.9 Å². The number of hydrogen-bond donors (Lipinski definition) is 2. The van der Waals surface area contributed by atoms with Gasteiger partial charge in [-0.2, -0.15) is 0 Å². The van der Waals surface area contributed by atoms with Crippen molar-refractivity contribution in [2.75, 3.05) is 6.54 Å². The second kappa shape index (κ2) is 6.48. The van der Waals surface area contributed by atoms with Gasteiger partial charge in [-0.25, -0.2) is 4.39 Å². The van der Waals surface area contributed by atoms with Gasteiger partial charge < -0.3 is 10.6 Å². The Kier molecular flexibility index (Phi) is 4.93. The predicted molar refractivity (Wildman–Crippen MR) is 76.3 cm³/mol. The van der Waals surface area contributed by atoms with E-state index in [1.807, 2.05) is 6.92 Å². The highest BCUT2D eigenvalue weighted by Gasteiger charge is 2.22. The summed E-state index contributed by atoms with van der Waals surface area (Å²) < 4.78 is 14.5. The van der Waals surface area contributed by atoms with Gasteiger partial charge in [0.05, 0.1) is 0 Å². The first-order valence-electron chi connectivity index (χ1n) is 6.54. The number of halogens is 2. The average molecular weight is 329 g/mol. The minimum Gasteiger partial charge on any atom is -0.353 e. The molecule has 0 heterocycles. The summed E-state index contributed by atoms with van der Waals surface area (Å²) >= 11 is 3.33. The largest absolute Gasteiger partial charge is 0.353 e. The minimum atomic E-state index is -0.231. The van der Waals surface area contributed by atoms with Crippen LogP contribution in [0.4, 0.5) is 4.39 Å². The van der Waals surface area contributed by atoms with Gasteiger partial charge in [-0.05, 0) is 38.0 Å². The average Bonchev–Trinajstić information content (AvgIpc) is 3.16. The fraction of sp³-hybridized carbons (Fsp3) is 0.500. The van der Waals surface area contributed by atoms with E-state index >= 15 is 0 Å². The van der Waals surface area contributed by atoms with Crippen LogP contribution in [-0.2, 0) is 4.79 Å². The van der Waals surface area contributed by atoms with Crippen LogP contribution in [0.3, 0.4) is 0 Å². The molecule has 0 aromatic heterocycles. The van der Waals surface area contributed by atoms with Crippen molar-refractivity contribution < 1.29 is 9.18 Å². The summed E-state index contributed by atoms with van der Waals surface area (Å²) in [5.74, 6) is -0.164. The molecule has 1 atom stereocenters. The van der Waals surface area contributed by atoms with E-state index in [0.29, 0.717) is 24.6 Å². The zero-order valence-electron chi connectivity index (χ0n) is 10.9. The van der Waals surface area contributed by atoms with Crippen molar-refractivity contribution in [3.05, 3.63) is 34.1 Å². The van der Waals surface area contributed by atoms with Gasteiger partial charge >= 0.3 is 0 Å². The second-order valence-electron chi connectivity index (χ2n) is 4.93. The van der Waals surface area contributed by atoms with Crippen LogP contribution in [0.5, 0.6) is 0 Å². The molecule has 0 saturated heterocycles. The first-order chi connectivity index (χ1) is 9.06. The Morgan fingerprint density at radius 3 is 2.95 bits per heavy atom. The van der Waals surface area contributed by atoms with E-state index in [9.17, 15) is 9.18 Å². The Bertz CT molecular complexity index is 463. The standard InChI is InChI=1S/C14H18BrFN2O/c1-9(12-8-10(15)2-5-13(12)16)17-7-6-14(19)18-11-3-4-11/h2,5,8-9,11,17H,3-4,6-7H2,1H3,(H,18,19). The molecular formula is C14H18BrFN2O. The fourth-order valence-corrected chi connectivity index (χ4v) is 2.26. The zero-order chi connectivity index (χ0) is 13.8. The summed E-state index contributed by atoms with van der Waals surface area (Å²) in [5, 5.41) is 6.10. The quantitative estimate of drug-likeness (QED) is 0.843. The van der Waals surface area contributed by atoms with Gasteiger partial charge in [0.1, 0.15) is 5.82 Å². The van der Waals surface area contributed by atoms with Crippen molar-refractivity contribution >= 4 is 21.8 Å². The maximum absolute atomic E-state index is 13.6. The molecule has 1 aliphatic rings. The highest BCUT2D eigenvalue weighted by molar-refractivity contribution is 9.10. The molecule has 3 nitrogen and oxygen atoms in total. The number of amides is 1. The van der Waals surface area contributed by atoms with Crippen LogP contribution in [0.2, 0.25) is 0 Å². The molecule has 0 bridgehead atoms. The lowest BCUT2D eigenvalue weighted by molar-refractivity contribution is -0.121. The summed E-state index contributed by atoms with van der Waals surface area (Å²) in [5.41, 5.74) is 0.608. The molecule has 1 fully saturated rings. The summed E-state index contributed by atoms with van der Waals surface area (Å²) in [6.45, 7) is 2.44. The van der Waals surface area contributed by atoms with Crippen molar-refractivity contribution in [2.45, 2.75) is 38.3 Å². The normalized spacial score (nSPS) is 16.2. The number of carbonyl (C=O) groups is 1. The number of nitrogens with one attached hydrogen (secondary N) is 2. The van der Waals surface area contributed by atoms with Crippen molar-refractivity contribution in [1.82, 2.24) is 10.6 Å². The number of rotatable bonds is 6. The minimum absolute atomic E-state index is 0.0666. The topological polar surface area (TPSA) is 41.1 Å². The van der Waals surface area contributed by atoms with E-state index in [1.165, 1.54) is 6.07 Å². The van der Waals surface area contributed by atoms with E-state index in [2.05, 4.69) is 26.6 Å². The molecule has 1 amide bonds. The van der Waals surface area contributed by atoms with Gasteiger partial charge in [0, 0.05) is 35.1 Å². The van der Waals surface area contributed by atoms with E-state index in [-0.39, 0.29) is 17.8 Å². The van der Waals surface area contributed by atoms with E-state index in [0.717, 1.165) is 17.3 Å². The summed E-state index contributed by atoms with van der Waals surface area (Å²) in [6.07, 6.45) is 2.62. The molecule has 1 unspecified atom stereocenters.